The molecule has 0 aliphatic rings. The fourth-order valence-electron chi connectivity index (χ4n) is 4.33. The molecule has 0 aliphatic heterocycles. The van der Waals surface area contributed by atoms with E-state index in [-0.39, 0.29) is 5.97 Å². The van der Waals surface area contributed by atoms with Crippen molar-refractivity contribution in [3.63, 3.8) is 0 Å². The number of unbranched alkanes of at least 4 members (excludes halogenated alkanes) is 21. The van der Waals surface area contributed by atoms with Gasteiger partial charge in [0.1, 0.15) is 0 Å². The van der Waals surface area contributed by atoms with Gasteiger partial charge in [-0.05, 0) is 19.3 Å². The zero-order chi connectivity index (χ0) is 23.5. The predicted molar refractivity (Wildman–Crippen MR) is 143 cm³/mol. The topological polar surface area (TPSA) is 26.3 Å². The molecule has 0 radical (unpaired) electrons. The number of alkyl halides is 1. The van der Waals surface area contributed by atoms with Crippen molar-refractivity contribution < 1.29 is 9.53 Å². The molecule has 0 bridgehead atoms. The smallest absolute Gasteiger partial charge is 0.307 e. The van der Waals surface area contributed by atoms with Crippen LogP contribution in [0.1, 0.15) is 174 Å². The van der Waals surface area contributed by atoms with Crippen LogP contribution in [0.3, 0.4) is 0 Å². The Hall–Kier alpha value is -0.240. The molecule has 3 heteroatoms. The van der Waals surface area contributed by atoms with Gasteiger partial charge >= 0.3 is 5.97 Å². The van der Waals surface area contributed by atoms with Crippen molar-refractivity contribution in [2.45, 2.75) is 180 Å². The number of hydrogen-bond donors (Lipinski definition) is 0. The molecule has 0 aliphatic carbocycles. The fourth-order valence-corrected chi connectivity index (χ4v) is 4.58. The third-order valence-corrected chi connectivity index (χ3v) is 6.84. The zero-order valence-electron chi connectivity index (χ0n) is 21.9. The SMILES string of the molecule is CCCCCCCCCCCCCCCCCCCCCCCC(=O)OC(Cl)CCCC. The van der Waals surface area contributed by atoms with Gasteiger partial charge in [-0.15, -0.1) is 0 Å². The van der Waals surface area contributed by atoms with Gasteiger partial charge in [0.15, 0.2) is 5.56 Å². The summed E-state index contributed by atoms with van der Waals surface area (Å²) in [4.78, 5) is 11.7. The second kappa shape index (κ2) is 27.0. The molecule has 0 aromatic carbocycles. The Balaban J connectivity index is 3.14. The van der Waals surface area contributed by atoms with Crippen LogP contribution in [0.5, 0.6) is 0 Å². The van der Waals surface area contributed by atoms with E-state index in [4.69, 9.17) is 16.3 Å². The summed E-state index contributed by atoms with van der Waals surface area (Å²) in [5.41, 5.74) is -0.433. The van der Waals surface area contributed by atoms with Crippen molar-refractivity contribution in [3.8, 4) is 0 Å². The number of esters is 1. The predicted octanol–water partition coefficient (Wildman–Crippen LogP) is 10.9. The quantitative estimate of drug-likeness (QED) is 0.0710. The van der Waals surface area contributed by atoms with Crippen LogP contribution in [-0.2, 0) is 9.53 Å². The van der Waals surface area contributed by atoms with Crippen molar-refractivity contribution in [1.29, 1.82) is 0 Å². The second-order valence-electron chi connectivity index (χ2n) is 9.86. The fraction of sp³-hybridized carbons (Fsp3) is 0.966. The van der Waals surface area contributed by atoms with Crippen LogP contribution in [0.4, 0.5) is 0 Å². The molecule has 0 saturated heterocycles. The zero-order valence-corrected chi connectivity index (χ0v) is 22.7. The number of halogens is 1. The van der Waals surface area contributed by atoms with Crippen LogP contribution < -0.4 is 0 Å². The Morgan fingerprint density at radius 2 is 0.844 bits per heavy atom. The van der Waals surface area contributed by atoms with Crippen molar-refractivity contribution in [2.24, 2.45) is 0 Å². The highest BCUT2D eigenvalue weighted by Crippen LogP contribution is 2.16. The van der Waals surface area contributed by atoms with E-state index in [1.807, 2.05) is 0 Å². The van der Waals surface area contributed by atoms with Crippen LogP contribution in [-0.4, -0.2) is 11.5 Å². The monoisotopic (exact) mass is 472 g/mol. The number of carbonyl (C=O) groups excluding carboxylic acids is 1. The number of rotatable bonds is 26. The van der Waals surface area contributed by atoms with Gasteiger partial charge < -0.3 is 4.74 Å². The Kier molecular flexibility index (Phi) is 26.8. The third kappa shape index (κ3) is 26.0. The lowest BCUT2D eigenvalue weighted by atomic mass is 10.0. The lowest BCUT2D eigenvalue weighted by molar-refractivity contribution is -0.145. The minimum absolute atomic E-state index is 0.126. The van der Waals surface area contributed by atoms with E-state index >= 15 is 0 Å². The van der Waals surface area contributed by atoms with E-state index in [2.05, 4.69) is 13.8 Å². The average Bonchev–Trinajstić information content (AvgIpc) is 2.78. The molecule has 0 rings (SSSR count). The Bertz CT molecular complexity index is 372. The Morgan fingerprint density at radius 1 is 0.531 bits per heavy atom. The van der Waals surface area contributed by atoms with Crippen molar-refractivity contribution in [1.82, 2.24) is 0 Å². The number of hydrogen-bond acceptors (Lipinski definition) is 2. The molecular formula is C29H57ClO2. The number of ether oxygens (including phenoxy) is 1. The highest BCUT2D eigenvalue weighted by Gasteiger charge is 2.10. The van der Waals surface area contributed by atoms with Gasteiger partial charge in [-0.25, -0.2) is 0 Å². The first kappa shape index (κ1) is 31.8. The van der Waals surface area contributed by atoms with E-state index in [1.165, 1.54) is 122 Å². The summed E-state index contributed by atoms with van der Waals surface area (Å²) in [6, 6.07) is 0. The molecule has 2 nitrogen and oxygen atoms in total. The molecule has 0 amide bonds. The standard InChI is InChI=1S/C29H57ClO2/c1-3-5-7-8-9-10-11-12-13-14-15-16-17-18-19-20-21-22-23-24-25-27-29(31)32-28(30)26-6-4-2/h28H,3-27H2,1-2H3. The van der Waals surface area contributed by atoms with E-state index in [9.17, 15) is 4.79 Å². The first-order valence-electron chi connectivity index (χ1n) is 14.5. The summed E-state index contributed by atoms with van der Waals surface area (Å²) in [7, 11) is 0. The minimum atomic E-state index is -0.433. The second-order valence-corrected chi connectivity index (χ2v) is 10.3. The van der Waals surface area contributed by atoms with Crippen molar-refractivity contribution in [2.75, 3.05) is 0 Å². The van der Waals surface area contributed by atoms with Gasteiger partial charge in [-0.3, -0.25) is 4.79 Å². The van der Waals surface area contributed by atoms with E-state index in [0.29, 0.717) is 6.42 Å². The lowest BCUT2D eigenvalue weighted by Gasteiger charge is -2.10. The molecule has 192 valence electrons. The molecule has 0 heterocycles. The van der Waals surface area contributed by atoms with Gasteiger partial charge in [0.05, 0.1) is 0 Å². The summed E-state index contributed by atoms with van der Waals surface area (Å²) in [5.74, 6) is -0.126. The molecule has 0 fully saturated rings. The first-order chi connectivity index (χ1) is 15.7. The van der Waals surface area contributed by atoms with Gasteiger partial charge in [0.2, 0.25) is 0 Å². The maximum absolute atomic E-state index is 11.7. The summed E-state index contributed by atoms with van der Waals surface area (Å²) >= 11 is 6.01. The maximum atomic E-state index is 11.7. The van der Waals surface area contributed by atoms with Gasteiger partial charge in [0, 0.05) is 6.42 Å². The van der Waals surface area contributed by atoms with Crippen LogP contribution in [0.2, 0.25) is 0 Å². The van der Waals surface area contributed by atoms with E-state index in [0.717, 1.165) is 32.1 Å². The highest BCUT2D eigenvalue weighted by atomic mass is 35.5. The molecule has 0 spiro atoms. The summed E-state index contributed by atoms with van der Waals surface area (Å²) in [6.07, 6.45) is 32.3. The molecule has 0 N–H and O–H groups in total. The van der Waals surface area contributed by atoms with Gasteiger partial charge in [-0.2, -0.15) is 0 Å². The molecule has 0 aromatic rings. The summed E-state index contributed by atoms with van der Waals surface area (Å²) in [6.45, 7) is 4.41. The summed E-state index contributed by atoms with van der Waals surface area (Å²) < 4.78 is 5.22. The largest absolute Gasteiger partial charge is 0.446 e. The summed E-state index contributed by atoms with van der Waals surface area (Å²) in [5, 5.41) is 0. The molecule has 1 atom stereocenters. The van der Waals surface area contributed by atoms with Crippen LogP contribution in [0.15, 0.2) is 0 Å². The molecule has 32 heavy (non-hydrogen) atoms. The Labute approximate surface area is 207 Å². The average molecular weight is 473 g/mol. The van der Waals surface area contributed by atoms with Crippen molar-refractivity contribution >= 4 is 17.6 Å². The maximum Gasteiger partial charge on any atom is 0.307 e. The van der Waals surface area contributed by atoms with Crippen LogP contribution >= 0.6 is 11.6 Å². The normalized spacial score (nSPS) is 12.2. The first-order valence-corrected chi connectivity index (χ1v) is 15.0. The minimum Gasteiger partial charge on any atom is -0.446 e. The molecule has 0 aromatic heterocycles. The third-order valence-electron chi connectivity index (χ3n) is 6.53. The van der Waals surface area contributed by atoms with Crippen molar-refractivity contribution in [3.05, 3.63) is 0 Å². The van der Waals surface area contributed by atoms with Gasteiger partial charge in [0.25, 0.3) is 0 Å². The highest BCUT2D eigenvalue weighted by molar-refractivity contribution is 6.20. The van der Waals surface area contributed by atoms with Gasteiger partial charge in [-0.1, -0.05) is 160 Å². The van der Waals surface area contributed by atoms with Crippen LogP contribution in [0, 0.1) is 0 Å². The Morgan fingerprint density at radius 3 is 1.19 bits per heavy atom. The number of carbonyl (C=O) groups is 1. The molecule has 1 unspecified atom stereocenters. The van der Waals surface area contributed by atoms with E-state index < -0.39 is 5.56 Å². The van der Waals surface area contributed by atoms with Crippen LogP contribution in [0.25, 0.3) is 0 Å². The molecular weight excluding hydrogens is 416 g/mol. The lowest BCUT2D eigenvalue weighted by Crippen LogP contribution is -2.12. The van der Waals surface area contributed by atoms with E-state index in [1.54, 1.807) is 0 Å². The molecule has 0 saturated carbocycles.